The number of nitrogens with zero attached hydrogens (tertiary/aromatic N) is 2. The molecule has 0 aliphatic carbocycles. The van der Waals surface area contributed by atoms with E-state index in [0.29, 0.717) is 6.07 Å². The average molecular weight is 219 g/mol. The molecule has 0 fully saturated rings. The third-order valence-corrected chi connectivity index (χ3v) is 1.57. The van der Waals surface area contributed by atoms with Crippen LogP contribution >= 0.6 is 0 Å². The van der Waals surface area contributed by atoms with Gasteiger partial charge < -0.3 is 5.11 Å². The molecule has 0 atom stereocenters. The van der Waals surface area contributed by atoms with Gasteiger partial charge in [-0.3, -0.25) is 20.2 Å². The second-order valence-electron chi connectivity index (χ2n) is 2.56. The predicted octanol–water partition coefficient (Wildman–Crippen LogP) is 0.820. The van der Waals surface area contributed by atoms with E-state index in [0.717, 1.165) is 12.1 Å². The van der Waals surface area contributed by atoms with E-state index in [4.69, 9.17) is 5.11 Å². The summed E-state index contributed by atoms with van der Waals surface area (Å²) in [6, 6.07) is 2.22. The predicted molar refractivity (Wildman–Crippen MR) is 52.5 cm³/mol. The normalized spacial score (nSPS) is 9.00. The van der Waals surface area contributed by atoms with Gasteiger partial charge in [0.05, 0.1) is 21.5 Å². The van der Waals surface area contributed by atoms with Gasteiger partial charge in [0.15, 0.2) is 0 Å². The van der Waals surface area contributed by atoms with Gasteiger partial charge >= 0.3 is 5.97 Å². The van der Waals surface area contributed by atoms with Crippen molar-refractivity contribution in [1.82, 2.24) is 0 Å². The van der Waals surface area contributed by atoms with Crippen LogP contribution in [-0.4, -0.2) is 39.8 Å². The van der Waals surface area contributed by atoms with Gasteiger partial charge in [-0.1, -0.05) is 0 Å². The van der Waals surface area contributed by atoms with Gasteiger partial charge in [-0.25, -0.2) is 4.79 Å². The molecule has 0 unspecified atom stereocenters. The Balaban J connectivity index is 0.00000225. The molecular weight excluding hydrogens is 215 g/mol. The number of nitro groups is 2. The maximum Gasteiger partial charge on any atom is 0.336 e. The Morgan fingerprint density at radius 1 is 1.06 bits per heavy atom. The summed E-state index contributed by atoms with van der Waals surface area (Å²) in [4.78, 5) is 29.4. The third-order valence-electron chi connectivity index (χ3n) is 1.57. The van der Waals surface area contributed by atoms with Crippen LogP contribution in [0.25, 0.3) is 0 Å². The van der Waals surface area contributed by atoms with Gasteiger partial charge in [0.1, 0.15) is 0 Å². The van der Waals surface area contributed by atoms with Crippen molar-refractivity contribution in [3.05, 3.63) is 44.0 Å². The second-order valence-corrected chi connectivity index (χ2v) is 2.56. The van der Waals surface area contributed by atoms with Crippen molar-refractivity contribution in [3.63, 3.8) is 0 Å². The van der Waals surface area contributed by atoms with Crippen molar-refractivity contribution < 1.29 is 19.7 Å². The number of hydrogen-bond acceptors (Lipinski definition) is 5. The van der Waals surface area contributed by atoms with E-state index in [1.165, 1.54) is 0 Å². The summed E-state index contributed by atoms with van der Waals surface area (Å²) in [5.74, 6) is -1.46. The molecule has 0 amide bonds. The largest absolute Gasteiger partial charge is 0.478 e. The van der Waals surface area contributed by atoms with E-state index in [1.54, 1.807) is 0 Å². The van der Waals surface area contributed by atoms with Crippen molar-refractivity contribution in [2.45, 2.75) is 0 Å². The fourth-order valence-corrected chi connectivity index (χ4v) is 0.929. The van der Waals surface area contributed by atoms with Crippen LogP contribution in [-0.2, 0) is 0 Å². The van der Waals surface area contributed by atoms with Crippen LogP contribution < -0.4 is 0 Å². The Morgan fingerprint density at radius 2 is 1.44 bits per heavy atom. The second kappa shape index (κ2) is 5.25. The van der Waals surface area contributed by atoms with Crippen molar-refractivity contribution in [2.75, 3.05) is 0 Å². The van der Waals surface area contributed by atoms with E-state index < -0.39 is 32.8 Å². The topological polar surface area (TPSA) is 124 Å². The van der Waals surface area contributed by atoms with E-state index in [-0.39, 0.29) is 18.9 Å². The summed E-state index contributed by atoms with van der Waals surface area (Å²) < 4.78 is 0. The first-order valence-electron chi connectivity index (χ1n) is 3.59. The van der Waals surface area contributed by atoms with E-state index in [9.17, 15) is 25.0 Å². The number of carboxylic acids is 1. The first kappa shape index (κ1) is 14.1. The van der Waals surface area contributed by atoms with E-state index in [1.807, 2.05) is 0 Å². The molecule has 0 aliphatic heterocycles. The Morgan fingerprint density at radius 3 is 1.69 bits per heavy atom. The van der Waals surface area contributed by atoms with Crippen molar-refractivity contribution in [2.24, 2.45) is 0 Å². The summed E-state index contributed by atoms with van der Waals surface area (Å²) in [6.45, 7) is 0. The number of non-ortho nitro benzene ring substituents is 2. The Hall–Kier alpha value is -1.91. The summed E-state index contributed by atoms with van der Waals surface area (Å²) in [7, 11) is 0. The number of nitro benzene ring substituents is 2. The molecule has 1 rings (SSSR count). The maximum absolute atomic E-state index is 10.5. The number of benzene rings is 1. The molecule has 1 aromatic rings. The molecule has 9 heteroatoms. The Labute approximate surface area is 100 Å². The van der Waals surface area contributed by atoms with Crippen LogP contribution in [0.4, 0.5) is 11.4 Å². The minimum atomic E-state index is -1.46. The number of aromatic carboxylic acids is 1. The number of rotatable bonds is 3. The van der Waals surface area contributed by atoms with Crippen molar-refractivity contribution >= 4 is 36.2 Å². The zero-order chi connectivity index (χ0) is 11.6. The number of hydrogen-bond donors (Lipinski definition) is 1. The molecule has 0 aromatic heterocycles. The number of carbonyl (C=O) groups is 1. The van der Waals surface area contributed by atoms with Crippen LogP contribution in [0, 0.1) is 20.2 Å². The van der Waals surface area contributed by atoms with Crippen LogP contribution in [0.1, 0.15) is 10.4 Å². The van der Waals surface area contributed by atoms with Crippen molar-refractivity contribution in [3.8, 4) is 0 Å². The molecule has 8 nitrogen and oxygen atoms in total. The first-order valence-corrected chi connectivity index (χ1v) is 3.59. The summed E-state index contributed by atoms with van der Waals surface area (Å²) in [5.41, 5.74) is -1.74. The van der Waals surface area contributed by atoms with Crippen LogP contribution in [0.15, 0.2) is 18.2 Å². The molecule has 1 radical (unpaired) electrons. The van der Waals surface area contributed by atoms with Crippen LogP contribution in [0.2, 0.25) is 0 Å². The standard InChI is InChI=1S/C7H4N2O6.Li/c10-7(11)4-1-5(8(12)13)3-6(2-4)9(14)15;/h1-3H,(H,10,11);. The molecule has 0 spiro atoms. The third kappa shape index (κ3) is 3.05. The molecular formula is C7H4LiN2O6. The number of carboxylic acid groups (broad SMARTS) is 1. The summed E-state index contributed by atoms with van der Waals surface area (Å²) in [6.07, 6.45) is 0. The smallest absolute Gasteiger partial charge is 0.336 e. The Bertz CT molecular complexity index is 381. The molecule has 79 valence electrons. The summed E-state index contributed by atoms with van der Waals surface area (Å²) in [5, 5.41) is 29.2. The SMILES string of the molecule is O=C(O)c1cc([N+](=O)[O-])cc([N+](=O)[O-])c1.[Li]. The monoisotopic (exact) mass is 219 g/mol. The fraction of sp³-hybridized carbons (Fsp3) is 0. The molecule has 1 N–H and O–H groups in total. The van der Waals surface area contributed by atoms with Gasteiger partial charge in [-0.15, -0.1) is 0 Å². The summed E-state index contributed by atoms with van der Waals surface area (Å²) >= 11 is 0. The molecule has 0 aliphatic rings. The molecule has 1 aromatic carbocycles. The van der Waals surface area contributed by atoms with E-state index in [2.05, 4.69) is 0 Å². The molecule has 0 bridgehead atoms. The van der Waals surface area contributed by atoms with Gasteiger partial charge in [0, 0.05) is 31.0 Å². The molecule has 0 heterocycles. The quantitative estimate of drug-likeness (QED) is 0.455. The van der Waals surface area contributed by atoms with E-state index >= 15 is 0 Å². The maximum atomic E-state index is 10.5. The van der Waals surface area contributed by atoms with Crippen LogP contribution in [0.5, 0.6) is 0 Å². The Kier molecular flexibility index (Phi) is 4.62. The molecule has 16 heavy (non-hydrogen) atoms. The molecule has 0 saturated carbocycles. The zero-order valence-corrected chi connectivity index (χ0v) is 8.11. The average Bonchev–Trinajstić information content (AvgIpc) is 2.16. The zero-order valence-electron chi connectivity index (χ0n) is 8.11. The first-order chi connectivity index (χ1) is 6.91. The minimum absolute atomic E-state index is 0. The van der Waals surface area contributed by atoms with Gasteiger partial charge in [-0.2, -0.15) is 0 Å². The van der Waals surface area contributed by atoms with Crippen LogP contribution in [0.3, 0.4) is 0 Å². The molecule has 0 saturated heterocycles. The van der Waals surface area contributed by atoms with Gasteiger partial charge in [0.2, 0.25) is 0 Å². The fourth-order valence-electron chi connectivity index (χ4n) is 0.929. The van der Waals surface area contributed by atoms with Gasteiger partial charge in [0.25, 0.3) is 11.4 Å². The van der Waals surface area contributed by atoms with Gasteiger partial charge in [-0.05, 0) is 0 Å². The van der Waals surface area contributed by atoms with Crippen molar-refractivity contribution in [1.29, 1.82) is 0 Å². The minimum Gasteiger partial charge on any atom is -0.478 e.